The van der Waals surface area contributed by atoms with Gasteiger partial charge in [0.15, 0.2) is 0 Å². The predicted molar refractivity (Wildman–Crippen MR) is 121 cm³/mol. The molecule has 0 saturated carbocycles. The van der Waals surface area contributed by atoms with Crippen LogP contribution in [0.2, 0.25) is 0 Å². The molecule has 2 aromatic carbocycles. The molecule has 0 aromatic heterocycles. The molecule has 2 aromatic rings. The Bertz CT molecular complexity index is 971. The van der Waals surface area contributed by atoms with Crippen LogP contribution in [-0.4, -0.2) is 62.3 Å². The van der Waals surface area contributed by atoms with Crippen LogP contribution in [0.15, 0.2) is 53.5 Å². The van der Waals surface area contributed by atoms with Gasteiger partial charge in [0, 0.05) is 43.4 Å². The van der Waals surface area contributed by atoms with E-state index < -0.39 is 0 Å². The lowest BCUT2D eigenvalue weighted by atomic mass is 9.98. The molecule has 4 rings (SSSR count). The Morgan fingerprint density at radius 1 is 1.20 bits per heavy atom. The summed E-state index contributed by atoms with van der Waals surface area (Å²) in [6, 6.07) is 12.9. The van der Waals surface area contributed by atoms with Gasteiger partial charge in [-0.05, 0) is 49.8 Å². The van der Waals surface area contributed by atoms with E-state index in [2.05, 4.69) is 48.3 Å². The molecule has 0 N–H and O–H groups in total. The summed E-state index contributed by atoms with van der Waals surface area (Å²) in [5.41, 5.74) is 5.89. The van der Waals surface area contributed by atoms with Crippen molar-refractivity contribution in [2.45, 2.75) is 13.5 Å². The van der Waals surface area contributed by atoms with Crippen molar-refractivity contribution in [2.24, 2.45) is 10.9 Å². The number of ether oxygens (including phenoxy) is 1. The molecule has 0 bridgehead atoms. The van der Waals surface area contributed by atoms with Crippen LogP contribution in [0.3, 0.4) is 0 Å². The minimum absolute atomic E-state index is 0.0856. The van der Waals surface area contributed by atoms with Crippen molar-refractivity contribution >= 4 is 12.1 Å². The summed E-state index contributed by atoms with van der Waals surface area (Å²) in [4.78, 5) is 20.5. The molecular weight excluding hydrogens is 374 g/mol. The Balaban J connectivity index is 1.37. The second kappa shape index (κ2) is 8.84. The molecule has 2 aliphatic rings. The van der Waals surface area contributed by atoms with E-state index in [4.69, 9.17) is 4.74 Å². The third-order valence-corrected chi connectivity index (χ3v) is 5.57. The number of carbonyl (C=O) groups is 1. The maximum Gasteiger partial charge on any atom is 0.246 e. The molecule has 30 heavy (non-hydrogen) atoms. The van der Waals surface area contributed by atoms with Crippen LogP contribution < -0.4 is 4.74 Å². The molecule has 0 unspecified atom stereocenters. The quantitative estimate of drug-likeness (QED) is 0.664. The maximum atomic E-state index is 12.2. The average Bonchev–Trinajstić information content (AvgIpc) is 3.15. The molecule has 1 amide bonds. The van der Waals surface area contributed by atoms with Gasteiger partial charge in [0.05, 0.1) is 13.2 Å². The van der Waals surface area contributed by atoms with Gasteiger partial charge in [0.1, 0.15) is 5.75 Å². The average molecular weight is 404 g/mol. The number of rotatable bonds is 7. The normalized spacial score (nSPS) is 15.7. The number of benzene rings is 2. The molecule has 0 aliphatic carbocycles. The SMILES string of the molecule is Cc1ccc(-c2cc3c(c(OCC4CN(C(=O)/C=C/CN(C)C)C4)c2)C=NC3)cc1. The van der Waals surface area contributed by atoms with E-state index in [1.807, 2.05) is 36.2 Å². The first-order valence-corrected chi connectivity index (χ1v) is 10.5. The number of likely N-dealkylation sites (tertiary alicyclic amines) is 1. The van der Waals surface area contributed by atoms with Crippen molar-refractivity contribution in [1.82, 2.24) is 9.80 Å². The highest BCUT2D eigenvalue weighted by atomic mass is 16.5. The number of carbonyl (C=O) groups excluding carboxylic acids is 1. The molecular formula is C25H29N3O2. The number of likely N-dealkylation sites (N-methyl/N-ethyl adjacent to an activating group) is 1. The molecule has 2 aliphatic heterocycles. The lowest BCUT2D eigenvalue weighted by Gasteiger charge is -2.38. The lowest BCUT2D eigenvalue weighted by Crippen LogP contribution is -2.51. The number of nitrogens with zero attached hydrogens (tertiary/aromatic N) is 3. The van der Waals surface area contributed by atoms with Crippen molar-refractivity contribution in [3.63, 3.8) is 0 Å². The Labute approximate surface area is 178 Å². The predicted octanol–water partition coefficient (Wildman–Crippen LogP) is 3.55. The van der Waals surface area contributed by atoms with Crippen molar-refractivity contribution in [2.75, 3.05) is 40.3 Å². The van der Waals surface area contributed by atoms with Gasteiger partial charge >= 0.3 is 0 Å². The molecule has 0 atom stereocenters. The highest BCUT2D eigenvalue weighted by Gasteiger charge is 2.30. The number of aliphatic imine (C=N–C) groups is 1. The van der Waals surface area contributed by atoms with E-state index in [1.54, 1.807) is 6.08 Å². The fourth-order valence-corrected chi connectivity index (χ4v) is 3.76. The number of hydrogen-bond donors (Lipinski definition) is 0. The van der Waals surface area contributed by atoms with Crippen LogP contribution in [0.4, 0.5) is 0 Å². The zero-order valence-corrected chi connectivity index (χ0v) is 18.0. The second-order valence-electron chi connectivity index (χ2n) is 8.47. The van der Waals surface area contributed by atoms with E-state index in [-0.39, 0.29) is 5.91 Å². The molecule has 156 valence electrons. The van der Waals surface area contributed by atoms with Gasteiger partial charge in [-0.2, -0.15) is 0 Å². The van der Waals surface area contributed by atoms with Crippen molar-refractivity contribution in [3.8, 4) is 16.9 Å². The fourth-order valence-electron chi connectivity index (χ4n) is 3.76. The molecule has 5 heteroatoms. The Morgan fingerprint density at radius 2 is 1.97 bits per heavy atom. The highest BCUT2D eigenvalue weighted by molar-refractivity contribution is 5.90. The monoisotopic (exact) mass is 403 g/mol. The summed E-state index contributed by atoms with van der Waals surface area (Å²) in [6.45, 7) is 5.69. The van der Waals surface area contributed by atoms with Crippen LogP contribution >= 0.6 is 0 Å². The van der Waals surface area contributed by atoms with Gasteiger partial charge in [-0.1, -0.05) is 35.9 Å². The Morgan fingerprint density at radius 3 is 2.70 bits per heavy atom. The van der Waals surface area contributed by atoms with Crippen LogP contribution in [0.5, 0.6) is 5.75 Å². The second-order valence-corrected chi connectivity index (χ2v) is 8.47. The summed E-state index contributed by atoms with van der Waals surface area (Å²) in [6.07, 6.45) is 5.49. The molecule has 5 nitrogen and oxygen atoms in total. The summed E-state index contributed by atoms with van der Waals surface area (Å²) in [7, 11) is 3.97. The van der Waals surface area contributed by atoms with Gasteiger partial charge in [-0.25, -0.2) is 0 Å². The van der Waals surface area contributed by atoms with Gasteiger partial charge in [0.25, 0.3) is 0 Å². The first kappa shape index (κ1) is 20.4. The van der Waals surface area contributed by atoms with Crippen LogP contribution in [0.25, 0.3) is 11.1 Å². The first-order valence-electron chi connectivity index (χ1n) is 10.5. The van der Waals surface area contributed by atoms with Crippen molar-refractivity contribution < 1.29 is 9.53 Å². The van der Waals surface area contributed by atoms with Crippen molar-refractivity contribution in [3.05, 3.63) is 65.2 Å². The third kappa shape index (κ3) is 4.62. The molecule has 0 radical (unpaired) electrons. The van der Waals surface area contributed by atoms with Crippen LogP contribution in [0, 0.1) is 12.8 Å². The Kier molecular flexibility index (Phi) is 6.00. The van der Waals surface area contributed by atoms with E-state index >= 15 is 0 Å². The van der Waals surface area contributed by atoms with Gasteiger partial charge in [-0.3, -0.25) is 9.79 Å². The van der Waals surface area contributed by atoms with E-state index in [0.717, 1.165) is 36.5 Å². The van der Waals surface area contributed by atoms with E-state index in [9.17, 15) is 4.79 Å². The topological polar surface area (TPSA) is 45.1 Å². The summed E-state index contributed by atoms with van der Waals surface area (Å²) >= 11 is 0. The van der Waals surface area contributed by atoms with Gasteiger partial charge in [-0.15, -0.1) is 0 Å². The number of fused-ring (bicyclic) bond motifs is 1. The molecule has 1 fully saturated rings. The third-order valence-electron chi connectivity index (χ3n) is 5.57. The highest BCUT2D eigenvalue weighted by Crippen LogP contribution is 2.33. The van der Waals surface area contributed by atoms with Gasteiger partial charge < -0.3 is 14.5 Å². The van der Waals surface area contributed by atoms with Crippen LogP contribution in [0.1, 0.15) is 16.7 Å². The zero-order chi connectivity index (χ0) is 21.1. The van der Waals surface area contributed by atoms with E-state index in [1.165, 1.54) is 16.7 Å². The van der Waals surface area contributed by atoms with Gasteiger partial charge in [0.2, 0.25) is 5.91 Å². The summed E-state index contributed by atoms with van der Waals surface area (Å²) in [5.74, 6) is 1.34. The zero-order valence-electron chi connectivity index (χ0n) is 18.0. The smallest absolute Gasteiger partial charge is 0.246 e. The fraction of sp³-hybridized carbons (Fsp3) is 0.360. The standard InChI is InChI=1S/C25H29N3O2/c1-18-6-8-20(9-7-18)21-11-22-13-26-14-23(22)24(12-21)30-17-19-15-28(16-19)25(29)5-4-10-27(2)3/h4-9,11-12,14,19H,10,13,15-17H2,1-3H3/b5-4+. The minimum Gasteiger partial charge on any atom is -0.492 e. The minimum atomic E-state index is 0.0856. The number of aryl methyl sites for hydroxylation is 1. The molecule has 2 heterocycles. The summed E-state index contributed by atoms with van der Waals surface area (Å²) in [5, 5.41) is 0. The number of amides is 1. The van der Waals surface area contributed by atoms with Crippen molar-refractivity contribution in [1.29, 1.82) is 0 Å². The van der Waals surface area contributed by atoms with Crippen LogP contribution in [-0.2, 0) is 11.3 Å². The van der Waals surface area contributed by atoms with E-state index in [0.29, 0.717) is 19.1 Å². The maximum absolute atomic E-state index is 12.2. The first-order chi connectivity index (χ1) is 14.5. The largest absolute Gasteiger partial charge is 0.492 e. The molecule has 1 saturated heterocycles. The lowest BCUT2D eigenvalue weighted by molar-refractivity contribution is -0.132. The summed E-state index contributed by atoms with van der Waals surface area (Å²) < 4.78 is 6.23. The number of hydrogen-bond acceptors (Lipinski definition) is 4. The Hall–Kier alpha value is -2.92. The molecule has 0 spiro atoms.